The first-order chi connectivity index (χ1) is 33.0. The number of aliphatic hydroxyl groups excluding tert-OH is 2. The van der Waals surface area contributed by atoms with Gasteiger partial charge in [-0.2, -0.15) is 4.99 Å². The number of cyclic esters (lactones) is 1. The van der Waals surface area contributed by atoms with Crippen LogP contribution in [0.3, 0.4) is 0 Å². The molecule has 3 aliphatic heterocycles. The van der Waals surface area contributed by atoms with Gasteiger partial charge < -0.3 is 56.4 Å². The smallest absolute Gasteiger partial charge is 0.329 e. The Balaban J connectivity index is 1.75. The molecular formula is C52H82N6O12. The number of carbonyl (C=O) groups excluding carboxylic acids is 5. The first kappa shape index (κ1) is 58.0. The molecule has 0 radical (unpaired) electrons. The number of hydrogen-bond acceptors (Lipinski definition) is 13. The van der Waals surface area contributed by atoms with Crippen molar-refractivity contribution in [3.8, 4) is 0 Å². The number of nitrogens with zero attached hydrogens (tertiary/aromatic N) is 3. The van der Waals surface area contributed by atoms with Crippen molar-refractivity contribution in [2.24, 2.45) is 62.7 Å². The van der Waals surface area contributed by atoms with Gasteiger partial charge in [0, 0.05) is 51.4 Å². The number of aliphatic hydroxyl groups is 3. The van der Waals surface area contributed by atoms with Crippen LogP contribution >= 0.6 is 0 Å². The standard InChI is InChI=1S/C52H82N6O12/c1-29-15-11-10-12-16-30(2)38(56-51(55)57-50(53)54)27-37-20-18-35(7)52(66,70-37)47(63)48(64)58-22-14-13-17-39(58)49(65)69-42(32(4)25-36-19-21-40(59)43(26-36)67-8)28-41(60)31(3)24-34(6)45(62)46(68-9)44(61)33(5)23-29/h10-12,15-16,24,29,31-33,35-40,42-43,45-46,59,62,66H,13-14,17-23,25-28H2,1-9H3,(H6,53,54,55,56,57)/b12-10+,15-11+,30-16-,34-24+/t29-,31-,32?,33-,35-,36-,37+,38+,39?,40-,42+,43-,45-,46+,52-/m1/s1. The molecule has 0 aromatic rings. The first-order valence-corrected chi connectivity index (χ1v) is 25.1. The van der Waals surface area contributed by atoms with Crippen molar-refractivity contribution in [1.82, 2.24) is 4.90 Å². The number of Topliss-reactive ketones (excluding diaryl/α,β-unsaturated/α-hetero) is 3. The Bertz CT molecular complexity index is 2010. The molecule has 15 atom stereocenters. The van der Waals surface area contributed by atoms with Gasteiger partial charge in [0.05, 0.1) is 24.4 Å². The van der Waals surface area contributed by atoms with Crippen molar-refractivity contribution in [2.75, 3.05) is 20.8 Å². The quantitative estimate of drug-likeness (QED) is 0.0718. The molecule has 3 heterocycles. The molecule has 0 aromatic carbocycles. The van der Waals surface area contributed by atoms with E-state index in [1.54, 1.807) is 47.0 Å². The summed E-state index contributed by atoms with van der Waals surface area (Å²) >= 11 is 0. The number of fused-ring (bicyclic) bond motifs is 3. The summed E-state index contributed by atoms with van der Waals surface area (Å²) in [6.45, 7) is 12.5. The second-order valence-corrected chi connectivity index (χ2v) is 20.4. The van der Waals surface area contributed by atoms with Crippen molar-refractivity contribution in [2.45, 2.75) is 180 Å². The molecule has 4 rings (SSSR count). The molecule has 0 aromatic heterocycles. The molecule has 0 spiro atoms. The predicted molar refractivity (Wildman–Crippen MR) is 266 cm³/mol. The number of rotatable bonds is 6. The lowest BCUT2D eigenvalue weighted by Gasteiger charge is -2.42. The van der Waals surface area contributed by atoms with Crippen LogP contribution in [0.4, 0.5) is 0 Å². The maximum Gasteiger partial charge on any atom is 0.329 e. The number of methoxy groups -OCH3 is 2. The van der Waals surface area contributed by atoms with Gasteiger partial charge in [-0.1, -0.05) is 71.1 Å². The summed E-state index contributed by atoms with van der Waals surface area (Å²) in [6, 6.07) is -1.88. The minimum absolute atomic E-state index is 0.0409. The summed E-state index contributed by atoms with van der Waals surface area (Å²) < 4.78 is 23.6. The monoisotopic (exact) mass is 983 g/mol. The zero-order chi connectivity index (χ0) is 52.0. The molecule has 2 bridgehead atoms. The molecule has 2 unspecified atom stereocenters. The number of aliphatic imine (C=N–C) groups is 2. The van der Waals surface area contributed by atoms with Crippen LogP contribution in [0.25, 0.3) is 0 Å². The summed E-state index contributed by atoms with van der Waals surface area (Å²) in [4.78, 5) is 80.7. The number of esters is 1. The average Bonchev–Trinajstić information content (AvgIpc) is 3.31. The number of guanidine groups is 2. The number of ketones is 3. The Morgan fingerprint density at radius 3 is 2.29 bits per heavy atom. The van der Waals surface area contributed by atoms with E-state index in [0.29, 0.717) is 68.9 Å². The minimum Gasteiger partial charge on any atom is -0.460 e. The molecule has 1 aliphatic carbocycles. The third-order valence-electron chi connectivity index (χ3n) is 14.8. The highest BCUT2D eigenvalue weighted by Gasteiger charge is 2.53. The van der Waals surface area contributed by atoms with Crippen LogP contribution in [-0.4, -0.2) is 137 Å². The van der Waals surface area contributed by atoms with Gasteiger partial charge in [0.1, 0.15) is 30.1 Å². The second-order valence-electron chi connectivity index (χ2n) is 20.4. The highest BCUT2D eigenvalue weighted by Crippen LogP contribution is 2.38. The molecule has 3 fully saturated rings. The molecule has 70 heavy (non-hydrogen) atoms. The third-order valence-corrected chi connectivity index (χ3v) is 14.8. The number of allylic oxidation sites excluding steroid dienone is 6. The maximum absolute atomic E-state index is 14.4. The van der Waals surface area contributed by atoms with E-state index >= 15 is 0 Å². The Morgan fingerprint density at radius 1 is 0.900 bits per heavy atom. The fourth-order valence-electron chi connectivity index (χ4n) is 10.3. The molecule has 9 N–H and O–H groups in total. The third kappa shape index (κ3) is 15.7. The van der Waals surface area contributed by atoms with Gasteiger partial charge in [0.15, 0.2) is 11.7 Å². The van der Waals surface area contributed by atoms with E-state index in [9.17, 15) is 39.3 Å². The van der Waals surface area contributed by atoms with E-state index in [2.05, 4.69) is 9.98 Å². The number of amides is 1. The van der Waals surface area contributed by atoms with Crippen LogP contribution in [0.1, 0.15) is 126 Å². The summed E-state index contributed by atoms with van der Waals surface area (Å²) in [7, 11) is 2.92. The lowest BCUT2D eigenvalue weighted by atomic mass is 9.78. The van der Waals surface area contributed by atoms with Gasteiger partial charge in [-0.15, -0.1) is 0 Å². The van der Waals surface area contributed by atoms with Crippen molar-refractivity contribution >= 4 is 41.1 Å². The van der Waals surface area contributed by atoms with Crippen LogP contribution in [0.15, 0.2) is 57.6 Å². The number of carbonyl (C=O) groups is 5. The molecule has 1 amide bonds. The Hall–Kier alpha value is -4.59. The van der Waals surface area contributed by atoms with Crippen LogP contribution in [0, 0.1) is 35.5 Å². The van der Waals surface area contributed by atoms with Crippen molar-refractivity contribution in [3.63, 3.8) is 0 Å². The molecule has 392 valence electrons. The van der Waals surface area contributed by atoms with E-state index in [1.165, 1.54) is 7.11 Å². The zero-order valence-corrected chi connectivity index (χ0v) is 42.8. The van der Waals surface area contributed by atoms with Gasteiger partial charge in [-0.05, 0) is 107 Å². The summed E-state index contributed by atoms with van der Waals surface area (Å²) in [6.07, 6.45) is 10.3. The number of hydrogen-bond donors (Lipinski definition) is 6. The van der Waals surface area contributed by atoms with Crippen LogP contribution in [-0.2, 0) is 42.9 Å². The lowest BCUT2D eigenvalue weighted by molar-refractivity contribution is -0.263. The van der Waals surface area contributed by atoms with E-state index in [1.807, 2.05) is 45.1 Å². The fourth-order valence-corrected chi connectivity index (χ4v) is 10.3. The van der Waals surface area contributed by atoms with Gasteiger partial charge >= 0.3 is 5.97 Å². The largest absolute Gasteiger partial charge is 0.460 e. The molecule has 4 aliphatic rings. The Morgan fingerprint density at radius 2 is 1.61 bits per heavy atom. The van der Waals surface area contributed by atoms with Crippen molar-refractivity contribution < 1.29 is 58.2 Å². The maximum atomic E-state index is 14.4. The highest BCUT2D eigenvalue weighted by molar-refractivity contribution is 6.39. The van der Waals surface area contributed by atoms with E-state index in [0.717, 1.165) is 4.90 Å². The van der Waals surface area contributed by atoms with Gasteiger partial charge in [0.2, 0.25) is 11.7 Å². The van der Waals surface area contributed by atoms with Crippen LogP contribution < -0.4 is 17.2 Å². The normalized spacial score (nSPS) is 38.5. The van der Waals surface area contributed by atoms with Crippen molar-refractivity contribution in [1.29, 1.82) is 0 Å². The van der Waals surface area contributed by atoms with Crippen LogP contribution in [0.5, 0.6) is 0 Å². The summed E-state index contributed by atoms with van der Waals surface area (Å²) in [5.74, 6) is -9.05. The second kappa shape index (κ2) is 26.7. The van der Waals surface area contributed by atoms with Gasteiger partial charge in [-0.25, -0.2) is 9.79 Å². The summed E-state index contributed by atoms with van der Waals surface area (Å²) in [5.41, 5.74) is 18.3. The molecule has 2 saturated heterocycles. The Labute approximate surface area is 414 Å². The van der Waals surface area contributed by atoms with E-state index < -0.39 is 83.8 Å². The minimum atomic E-state index is -2.54. The molecule has 18 heteroatoms. The van der Waals surface area contributed by atoms with Gasteiger partial charge in [0.25, 0.3) is 11.7 Å². The predicted octanol–water partition coefficient (Wildman–Crippen LogP) is 4.12. The lowest BCUT2D eigenvalue weighted by Crippen LogP contribution is -2.61. The zero-order valence-electron chi connectivity index (χ0n) is 42.8. The average molecular weight is 983 g/mol. The van der Waals surface area contributed by atoms with Crippen molar-refractivity contribution in [3.05, 3.63) is 47.6 Å². The number of ether oxygens (including phenoxy) is 4. The van der Waals surface area contributed by atoms with E-state index in [4.69, 9.17) is 36.1 Å². The molecule has 18 nitrogen and oxygen atoms in total. The highest BCUT2D eigenvalue weighted by atomic mass is 16.6. The molecule has 1 saturated carbocycles. The topological polar surface area (TPSA) is 289 Å². The van der Waals surface area contributed by atoms with Gasteiger partial charge in [-0.3, -0.25) is 19.2 Å². The number of nitrogens with two attached hydrogens (primary N) is 3. The fraction of sp³-hybridized carbons (Fsp3) is 0.712. The molecular weight excluding hydrogens is 901 g/mol. The van der Waals surface area contributed by atoms with E-state index in [-0.39, 0.29) is 73.2 Å². The summed E-state index contributed by atoms with van der Waals surface area (Å²) in [5, 5.41) is 34.1. The Kier molecular flexibility index (Phi) is 22.2. The first-order valence-electron chi connectivity index (χ1n) is 25.1. The number of piperidine rings is 1. The van der Waals surface area contributed by atoms with Crippen LogP contribution in [0.2, 0.25) is 0 Å². The SMILES string of the molecule is CO[C@@H]1C[C@@H](CC(C)[C@@H]2CC(=O)[C@H](C)/C=C(\C)[C@@H](O)[C@@H](OC)C(=O)[C@H](C)C[C@H](C)/C=C/C=C/C=C(/C)[C@@H](N=C(N)N=C(N)N)C[C@@H]3CC[C@@H](C)[C@@](O)(O3)C(=O)C(=O)N3CCCCC3C(=O)O2)CC[C@H]1O.